The third-order valence-corrected chi connectivity index (χ3v) is 4.13. The van der Waals surface area contributed by atoms with E-state index in [2.05, 4.69) is 23.8 Å². The molecule has 0 saturated carbocycles. The number of hydrogen-bond acceptors (Lipinski definition) is 3. The summed E-state index contributed by atoms with van der Waals surface area (Å²) in [6.07, 6.45) is 1.28. The van der Waals surface area contributed by atoms with Gasteiger partial charge in [0.25, 0.3) is 0 Å². The SMILES string of the molecule is CCC1CN(C)CCCN1c1cccc(F)c1[C@@H](C)O. The Labute approximate surface area is 121 Å². The Morgan fingerprint density at radius 1 is 1.40 bits per heavy atom. The monoisotopic (exact) mass is 280 g/mol. The van der Waals surface area contributed by atoms with Gasteiger partial charge in [0.15, 0.2) is 0 Å². The molecular weight excluding hydrogens is 255 g/mol. The van der Waals surface area contributed by atoms with Gasteiger partial charge < -0.3 is 14.9 Å². The molecule has 0 amide bonds. The van der Waals surface area contributed by atoms with Crippen molar-refractivity contribution < 1.29 is 9.50 Å². The molecule has 3 nitrogen and oxygen atoms in total. The number of halogens is 1. The largest absolute Gasteiger partial charge is 0.389 e. The third-order valence-electron chi connectivity index (χ3n) is 4.13. The van der Waals surface area contributed by atoms with Crippen LogP contribution in [0, 0.1) is 5.82 Å². The van der Waals surface area contributed by atoms with E-state index in [-0.39, 0.29) is 5.82 Å². The molecule has 0 aromatic heterocycles. The summed E-state index contributed by atoms with van der Waals surface area (Å²) in [5.41, 5.74) is 1.28. The topological polar surface area (TPSA) is 26.7 Å². The van der Waals surface area contributed by atoms with E-state index in [1.54, 1.807) is 13.0 Å². The molecule has 0 radical (unpaired) electrons. The first-order valence-corrected chi connectivity index (χ1v) is 7.46. The Morgan fingerprint density at radius 2 is 2.15 bits per heavy atom. The van der Waals surface area contributed by atoms with Crippen molar-refractivity contribution in [2.75, 3.05) is 31.6 Å². The second-order valence-corrected chi connectivity index (χ2v) is 5.72. The minimum absolute atomic E-state index is 0.315. The normalized spacial score (nSPS) is 22.6. The fraction of sp³-hybridized carbons (Fsp3) is 0.625. The molecule has 1 heterocycles. The molecular formula is C16H25FN2O. The van der Waals surface area contributed by atoms with E-state index in [4.69, 9.17) is 0 Å². The van der Waals surface area contributed by atoms with E-state index in [9.17, 15) is 9.50 Å². The highest BCUT2D eigenvalue weighted by Crippen LogP contribution is 2.31. The number of anilines is 1. The maximum atomic E-state index is 14.1. The Morgan fingerprint density at radius 3 is 2.80 bits per heavy atom. The lowest BCUT2D eigenvalue weighted by Crippen LogP contribution is -2.40. The highest BCUT2D eigenvalue weighted by atomic mass is 19.1. The lowest BCUT2D eigenvalue weighted by atomic mass is 10.0. The molecule has 4 heteroatoms. The van der Waals surface area contributed by atoms with Gasteiger partial charge in [-0.05, 0) is 45.5 Å². The van der Waals surface area contributed by atoms with Crippen LogP contribution in [0.2, 0.25) is 0 Å². The van der Waals surface area contributed by atoms with Gasteiger partial charge >= 0.3 is 0 Å². The van der Waals surface area contributed by atoms with Gasteiger partial charge in [-0.1, -0.05) is 13.0 Å². The fourth-order valence-corrected chi connectivity index (χ4v) is 3.10. The fourth-order valence-electron chi connectivity index (χ4n) is 3.10. The first-order chi connectivity index (χ1) is 9.54. The number of aliphatic hydroxyl groups is 1. The Bertz CT molecular complexity index is 450. The number of aliphatic hydroxyl groups excluding tert-OH is 1. The first-order valence-electron chi connectivity index (χ1n) is 7.46. The third kappa shape index (κ3) is 3.13. The Kier molecular flexibility index (Phi) is 5.00. The van der Waals surface area contributed by atoms with E-state index in [0.29, 0.717) is 11.6 Å². The van der Waals surface area contributed by atoms with Gasteiger partial charge in [0.05, 0.1) is 6.10 Å². The van der Waals surface area contributed by atoms with Gasteiger partial charge in [-0.2, -0.15) is 0 Å². The molecule has 2 atom stereocenters. The molecule has 0 aliphatic carbocycles. The van der Waals surface area contributed by atoms with Crippen LogP contribution in [0.4, 0.5) is 10.1 Å². The van der Waals surface area contributed by atoms with Crippen molar-refractivity contribution in [1.29, 1.82) is 0 Å². The number of nitrogens with zero attached hydrogens (tertiary/aromatic N) is 2. The molecule has 1 saturated heterocycles. The summed E-state index contributed by atoms with van der Waals surface area (Å²) in [5, 5.41) is 9.92. The van der Waals surface area contributed by atoms with Gasteiger partial charge in [-0.3, -0.25) is 0 Å². The lowest BCUT2D eigenvalue weighted by Gasteiger charge is -2.34. The zero-order valence-corrected chi connectivity index (χ0v) is 12.6. The van der Waals surface area contributed by atoms with Gasteiger partial charge in [0.2, 0.25) is 0 Å². The van der Waals surface area contributed by atoms with Crippen LogP contribution in [-0.4, -0.2) is 42.7 Å². The van der Waals surface area contributed by atoms with E-state index in [1.807, 2.05) is 6.07 Å². The minimum Gasteiger partial charge on any atom is -0.389 e. The molecule has 1 aromatic rings. The van der Waals surface area contributed by atoms with Crippen molar-refractivity contribution in [2.24, 2.45) is 0 Å². The van der Waals surface area contributed by atoms with Crippen molar-refractivity contribution in [1.82, 2.24) is 4.90 Å². The van der Waals surface area contributed by atoms with Crippen molar-refractivity contribution >= 4 is 5.69 Å². The highest BCUT2D eigenvalue weighted by Gasteiger charge is 2.26. The van der Waals surface area contributed by atoms with Gasteiger partial charge in [-0.25, -0.2) is 4.39 Å². The second-order valence-electron chi connectivity index (χ2n) is 5.72. The predicted octanol–water partition coefficient (Wildman–Crippen LogP) is 2.80. The van der Waals surface area contributed by atoms with Crippen molar-refractivity contribution in [2.45, 2.75) is 38.8 Å². The average molecular weight is 280 g/mol. The van der Waals surface area contributed by atoms with Crippen LogP contribution in [0.25, 0.3) is 0 Å². The molecule has 0 spiro atoms. The molecule has 2 rings (SSSR count). The van der Waals surface area contributed by atoms with Crippen molar-refractivity contribution in [3.63, 3.8) is 0 Å². The average Bonchev–Trinajstić information content (AvgIpc) is 2.59. The van der Waals surface area contributed by atoms with Gasteiger partial charge in [-0.15, -0.1) is 0 Å². The zero-order valence-electron chi connectivity index (χ0n) is 12.6. The Balaban J connectivity index is 2.40. The lowest BCUT2D eigenvalue weighted by molar-refractivity contribution is 0.194. The maximum absolute atomic E-state index is 14.1. The van der Waals surface area contributed by atoms with Crippen LogP contribution in [0.1, 0.15) is 38.4 Å². The summed E-state index contributed by atoms with van der Waals surface area (Å²) in [6, 6.07) is 5.45. The predicted molar refractivity (Wildman–Crippen MR) is 80.6 cm³/mol. The van der Waals surface area contributed by atoms with E-state index in [1.165, 1.54) is 6.07 Å². The first kappa shape index (κ1) is 15.3. The van der Waals surface area contributed by atoms with Crippen LogP contribution in [0.3, 0.4) is 0 Å². The van der Waals surface area contributed by atoms with Crippen LogP contribution >= 0.6 is 0 Å². The minimum atomic E-state index is -0.787. The summed E-state index contributed by atoms with van der Waals surface area (Å²) in [6.45, 7) is 6.75. The van der Waals surface area contributed by atoms with Gasteiger partial charge in [0, 0.05) is 30.4 Å². The Hall–Kier alpha value is -1.13. The number of benzene rings is 1. The molecule has 1 unspecified atom stereocenters. The summed E-state index contributed by atoms with van der Waals surface area (Å²) in [5.74, 6) is -0.315. The number of hydrogen-bond donors (Lipinski definition) is 1. The van der Waals surface area contributed by atoms with E-state index in [0.717, 1.165) is 38.2 Å². The quantitative estimate of drug-likeness (QED) is 0.922. The van der Waals surface area contributed by atoms with Crippen LogP contribution < -0.4 is 4.90 Å². The van der Waals surface area contributed by atoms with Crippen molar-refractivity contribution in [3.05, 3.63) is 29.6 Å². The molecule has 1 aliphatic heterocycles. The maximum Gasteiger partial charge on any atom is 0.131 e. The summed E-state index contributed by atoms with van der Waals surface area (Å²) < 4.78 is 14.1. The number of rotatable bonds is 3. The molecule has 112 valence electrons. The van der Waals surface area contributed by atoms with E-state index >= 15 is 0 Å². The van der Waals surface area contributed by atoms with Crippen LogP contribution in [0.5, 0.6) is 0 Å². The second kappa shape index (κ2) is 6.55. The highest BCUT2D eigenvalue weighted by molar-refractivity contribution is 5.56. The smallest absolute Gasteiger partial charge is 0.131 e. The summed E-state index contributed by atoms with van der Waals surface area (Å²) in [4.78, 5) is 4.60. The standard InChI is InChI=1S/C16H25FN2O/c1-4-13-11-18(3)9-6-10-19(13)15-8-5-7-14(17)16(15)12(2)20/h5,7-8,12-13,20H,4,6,9-11H2,1-3H3/t12-,13?/m1/s1. The van der Waals surface area contributed by atoms with Gasteiger partial charge in [0.1, 0.15) is 5.82 Å². The summed E-state index contributed by atoms with van der Waals surface area (Å²) >= 11 is 0. The molecule has 1 N–H and O–H groups in total. The van der Waals surface area contributed by atoms with Crippen molar-refractivity contribution in [3.8, 4) is 0 Å². The molecule has 1 aliphatic rings. The van der Waals surface area contributed by atoms with Crippen LogP contribution in [-0.2, 0) is 0 Å². The van der Waals surface area contributed by atoms with E-state index < -0.39 is 6.10 Å². The van der Waals surface area contributed by atoms with Crippen LogP contribution in [0.15, 0.2) is 18.2 Å². The molecule has 20 heavy (non-hydrogen) atoms. The molecule has 0 bridgehead atoms. The molecule has 1 aromatic carbocycles. The summed E-state index contributed by atoms with van der Waals surface area (Å²) in [7, 11) is 2.13. The number of likely N-dealkylation sites (N-methyl/N-ethyl adjacent to an activating group) is 1. The molecule has 1 fully saturated rings. The zero-order chi connectivity index (χ0) is 14.7.